The molecule has 9 heteroatoms. The first-order valence-corrected chi connectivity index (χ1v) is 10.0. The molecule has 0 spiro atoms. The number of hydrogen-bond donors (Lipinski definition) is 0. The molecule has 0 saturated carbocycles. The van der Waals surface area contributed by atoms with Crippen molar-refractivity contribution in [1.82, 2.24) is 19.3 Å². The van der Waals surface area contributed by atoms with Gasteiger partial charge >= 0.3 is 0 Å². The first-order chi connectivity index (χ1) is 12.1. The molecule has 2 aromatic heterocycles. The van der Waals surface area contributed by atoms with E-state index in [1.54, 1.807) is 16.7 Å². The molecular weight excluding hydrogens is 342 g/mol. The summed E-state index contributed by atoms with van der Waals surface area (Å²) in [5, 5.41) is -0.404. The second kappa shape index (κ2) is 6.81. The van der Waals surface area contributed by atoms with Crippen molar-refractivity contribution >= 4 is 27.0 Å². The molecule has 134 valence electrons. The quantitative estimate of drug-likeness (QED) is 0.791. The number of ether oxygens (including phenoxy) is 1. The van der Waals surface area contributed by atoms with E-state index in [0.29, 0.717) is 44.9 Å². The molecule has 25 heavy (non-hydrogen) atoms. The number of anilines is 1. The highest BCUT2D eigenvalue weighted by molar-refractivity contribution is 7.89. The maximum absolute atomic E-state index is 12.9. The lowest BCUT2D eigenvalue weighted by molar-refractivity contribution is 0.0725. The number of nitrogens with zero attached hydrogens (tertiary/aromatic N) is 5. The Hall–Kier alpha value is -1.84. The van der Waals surface area contributed by atoms with Gasteiger partial charge in [0.25, 0.3) is 0 Å². The molecule has 0 aliphatic carbocycles. The Bertz CT molecular complexity index is 854. The van der Waals surface area contributed by atoms with E-state index in [1.807, 2.05) is 17.0 Å². The number of hydrogen-bond acceptors (Lipinski definition) is 7. The number of rotatable bonds is 3. The van der Waals surface area contributed by atoms with E-state index < -0.39 is 15.3 Å². The van der Waals surface area contributed by atoms with Gasteiger partial charge in [-0.15, -0.1) is 0 Å². The highest BCUT2D eigenvalue weighted by atomic mass is 32.2. The minimum Gasteiger partial charge on any atom is -0.379 e. The minimum atomic E-state index is -3.31. The smallest absolute Gasteiger partial charge is 0.218 e. The van der Waals surface area contributed by atoms with Crippen molar-refractivity contribution in [3.8, 4) is 0 Å². The number of morpholine rings is 1. The Balaban J connectivity index is 1.55. The molecule has 2 fully saturated rings. The zero-order valence-corrected chi connectivity index (χ0v) is 14.7. The van der Waals surface area contributed by atoms with Crippen LogP contribution in [0.5, 0.6) is 0 Å². The topological polar surface area (TPSA) is 88.5 Å². The fraction of sp³-hybridized carbons (Fsp3) is 0.562. The van der Waals surface area contributed by atoms with E-state index in [4.69, 9.17) is 4.74 Å². The van der Waals surface area contributed by atoms with Crippen LogP contribution in [0.4, 0.5) is 5.82 Å². The molecule has 0 unspecified atom stereocenters. The van der Waals surface area contributed by atoms with Crippen molar-refractivity contribution in [1.29, 1.82) is 0 Å². The average Bonchev–Trinajstić information content (AvgIpc) is 2.68. The highest BCUT2D eigenvalue weighted by Crippen LogP contribution is 2.25. The molecule has 0 aromatic carbocycles. The molecule has 4 rings (SSSR count). The summed E-state index contributed by atoms with van der Waals surface area (Å²) in [4.78, 5) is 15.1. The molecule has 2 saturated heterocycles. The SMILES string of the molecule is O=S(=O)([C@H]1CCCN(c2ccc3nccnc3n2)C1)N1CCOCC1. The van der Waals surface area contributed by atoms with Crippen LogP contribution in [0.3, 0.4) is 0 Å². The first-order valence-electron chi connectivity index (χ1n) is 8.54. The maximum Gasteiger partial charge on any atom is 0.218 e. The van der Waals surface area contributed by atoms with Crippen LogP contribution in [0.15, 0.2) is 24.5 Å². The van der Waals surface area contributed by atoms with Crippen LogP contribution in [0.25, 0.3) is 11.2 Å². The third-order valence-electron chi connectivity index (χ3n) is 4.77. The largest absolute Gasteiger partial charge is 0.379 e. The molecule has 2 aliphatic heterocycles. The fourth-order valence-corrected chi connectivity index (χ4v) is 5.33. The average molecular weight is 363 g/mol. The van der Waals surface area contributed by atoms with Crippen molar-refractivity contribution in [2.75, 3.05) is 44.3 Å². The Morgan fingerprint density at radius 1 is 1.08 bits per heavy atom. The zero-order chi connectivity index (χ0) is 17.3. The molecule has 2 aliphatic rings. The van der Waals surface area contributed by atoms with Crippen LogP contribution < -0.4 is 4.90 Å². The van der Waals surface area contributed by atoms with Gasteiger partial charge in [-0.1, -0.05) is 0 Å². The summed E-state index contributed by atoms with van der Waals surface area (Å²) in [7, 11) is -3.31. The Morgan fingerprint density at radius 2 is 1.88 bits per heavy atom. The van der Waals surface area contributed by atoms with Gasteiger partial charge in [-0.25, -0.2) is 18.4 Å². The summed E-state index contributed by atoms with van der Waals surface area (Å²) in [5.74, 6) is 0.759. The van der Waals surface area contributed by atoms with Crippen LogP contribution in [0.1, 0.15) is 12.8 Å². The van der Waals surface area contributed by atoms with Gasteiger partial charge < -0.3 is 9.64 Å². The number of sulfonamides is 1. The maximum atomic E-state index is 12.9. The summed E-state index contributed by atoms with van der Waals surface area (Å²) in [6.07, 6.45) is 4.76. The van der Waals surface area contributed by atoms with E-state index in [1.165, 1.54) is 0 Å². The van der Waals surface area contributed by atoms with Gasteiger partial charge in [0.1, 0.15) is 11.3 Å². The first kappa shape index (κ1) is 16.6. The second-order valence-corrected chi connectivity index (χ2v) is 8.55. The highest BCUT2D eigenvalue weighted by Gasteiger charge is 2.36. The van der Waals surface area contributed by atoms with Gasteiger partial charge in [-0.05, 0) is 25.0 Å². The molecule has 4 heterocycles. The summed E-state index contributed by atoms with van der Waals surface area (Å²) in [6, 6.07) is 3.77. The molecule has 2 aromatic rings. The van der Waals surface area contributed by atoms with Crippen LogP contribution >= 0.6 is 0 Å². The second-order valence-electron chi connectivity index (χ2n) is 6.34. The van der Waals surface area contributed by atoms with Gasteiger partial charge in [0.05, 0.1) is 18.5 Å². The Morgan fingerprint density at radius 3 is 2.72 bits per heavy atom. The molecule has 1 atom stereocenters. The number of piperidine rings is 1. The molecule has 0 radical (unpaired) electrons. The fourth-order valence-electron chi connectivity index (χ4n) is 3.42. The predicted molar refractivity (Wildman–Crippen MR) is 93.9 cm³/mol. The van der Waals surface area contributed by atoms with E-state index >= 15 is 0 Å². The minimum absolute atomic E-state index is 0.404. The van der Waals surface area contributed by atoms with E-state index in [-0.39, 0.29) is 0 Å². The number of aromatic nitrogens is 3. The van der Waals surface area contributed by atoms with Crippen LogP contribution in [0.2, 0.25) is 0 Å². The van der Waals surface area contributed by atoms with Crippen molar-refractivity contribution in [2.24, 2.45) is 0 Å². The number of pyridine rings is 1. The van der Waals surface area contributed by atoms with Gasteiger partial charge in [0.15, 0.2) is 5.65 Å². The van der Waals surface area contributed by atoms with E-state index in [0.717, 1.165) is 24.3 Å². The molecule has 8 nitrogen and oxygen atoms in total. The lowest BCUT2D eigenvalue weighted by Crippen LogP contribution is -2.51. The summed E-state index contributed by atoms with van der Waals surface area (Å²) in [5.41, 5.74) is 1.32. The van der Waals surface area contributed by atoms with Crippen molar-refractivity contribution in [3.63, 3.8) is 0 Å². The summed E-state index contributed by atoms with van der Waals surface area (Å²) in [6.45, 7) is 3.10. The molecule has 0 amide bonds. The molecule has 0 N–H and O–H groups in total. The van der Waals surface area contributed by atoms with Crippen LogP contribution in [0, 0.1) is 0 Å². The van der Waals surface area contributed by atoms with Crippen molar-refractivity contribution < 1.29 is 13.2 Å². The zero-order valence-electron chi connectivity index (χ0n) is 13.9. The van der Waals surface area contributed by atoms with Crippen molar-refractivity contribution in [3.05, 3.63) is 24.5 Å². The third-order valence-corrected chi connectivity index (χ3v) is 7.08. The predicted octanol–water partition coefficient (Wildman–Crippen LogP) is 0.656. The molecule has 0 bridgehead atoms. The summed E-state index contributed by atoms with van der Waals surface area (Å²) >= 11 is 0. The van der Waals surface area contributed by atoms with Gasteiger partial charge in [0, 0.05) is 38.6 Å². The van der Waals surface area contributed by atoms with Crippen molar-refractivity contribution in [2.45, 2.75) is 18.1 Å². The number of fused-ring (bicyclic) bond motifs is 1. The third kappa shape index (κ3) is 3.31. The Kier molecular flexibility index (Phi) is 4.53. The van der Waals surface area contributed by atoms with E-state index in [2.05, 4.69) is 15.0 Å². The lowest BCUT2D eigenvalue weighted by atomic mass is 10.1. The van der Waals surface area contributed by atoms with Gasteiger partial charge in [-0.2, -0.15) is 4.31 Å². The standard InChI is InChI=1S/C16H21N5O3S/c22-25(23,21-8-10-24-11-9-21)13-2-1-7-20(12-13)15-4-3-14-16(19-15)18-6-5-17-14/h3-6,13H,1-2,7-12H2/t13-/m0/s1. The van der Waals surface area contributed by atoms with Crippen LogP contribution in [-0.2, 0) is 14.8 Å². The summed E-state index contributed by atoms with van der Waals surface area (Å²) < 4.78 is 32.7. The van der Waals surface area contributed by atoms with Gasteiger partial charge in [-0.3, -0.25) is 4.98 Å². The van der Waals surface area contributed by atoms with Crippen LogP contribution in [-0.4, -0.2) is 72.3 Å². The Labute approximate surface area is 146 Å². The molecular formula is C16H21N5O3S. The van der Waals surface area contributed by atoms with E-state index in [9.17, 15) is 8.42 Å². The van der Waals surface area contributed by atoms with Gasteiger partial charge in [0.2, 0.25) is 10.0 Å². The monoisotopic (exact) mass is 363 g/mol. The normalized spacial score (nSPS) is 23.0. The lowest BCUT2D eigenvalue weighted by Gasteiger charge is -2.36.